The molecule has 4 heteroatoms. The topological polar surface area (TPSA) is 61.3 Å². The molecule has 84 valence electrons. The summed E-state index contributed by atoms with van der Waals surface area (Å²) in [6, 6.07) is 9.62. The maximum absolute atomic E-state index is 5.62. The summed E-state index contributed by atoms with van der Waals surface area (Å²) in [5.41, 5.74) is 7.25. The lowest BCUT2D eigenvalue weighted by Crippen LogP contribution is -2.04. The zero-order chi connectivity index (χ0) is 11.4. The van der Waals surface area contributed by atoms with E-state index in [9.17, 15) is 0 Å². The average molecular weight is 218 g/mol. The van der Waals surface area contributed by atoms with E-state index in [1.807, 2.05) is 37.3 Å². The Balaban J connectivity index is 2.07. The Morgan fingerprint density at radius 1 is 1.31 bits per heavy atom. The Hall–Kier alpha value is -1.81. The maximum Gasteiger partial charge on any atom is 0.140 e. The summed E-state index contributed by atoms with van der Waals surface area (Å²) in [6.45, 7) is 2.66. The predicted octanol–water partition coefficient (Wildman–Crippen LogP) is 2.02. The van der Waals surface area contributed by atoms with Gasteiger partial charge < -0.3 is 15.0 Å². The molecule has 2 rings (SSSR count). The molecule has 0 amide bonds. The number of benzene rings is 1. The normalized spacial score (nSPS) is 10.4. The molecular weight excluding hydrogens is 204 g/mol. The summed E-state index contributed by atoms with van der Waals surface area (Å²) < 4.78 is 10.7. The van der Waals surface area contributed by atoms with Crippen LogP contribution in [0, 0.1) is 6.92 Å². The summed E-state index contributed by atoms with van der Waals surface area (Å²) in [5, 5.41) is 3.87. The minimum absolute atomic E-state index is 0.366. The van der Waals surface area contributed by atoms with Crippen molar-refractivity contribution in [3.05, 3.63) is 47.3 Å². The molecule has 0 aliphatic carbocycles. The molecule has 0 atom stereocenters. The van der Waals surface area contributed by atoms with Gasteiger partial charge in [-0.05, 0) is 19.1 Å². The molecule has 2 N–H and O–H groups in total. The molecule has 0 unspecified atom stereocenters. The maximum atomic E-state index is 5.62. The van der Waals surface area contributed by atoms with Crippen molar-refractivity contribution in [3.63, 3.8) is 0 Å². The molecule has 1 aromatic heterocycles. The number of nitrogens with two attached hydrogens (primary N) is 1. The number of rotatable bonds is 4. The van der Waals surface area contributed by atoms with Gasteiger partial charge >= 0.3 is 0 Å². The second kappa shape index (κ2) is 4.81. The van der Waals surface area contributed by atoms with E-state index in [-0.39, 0.29) is 0 Å². The third kappa shape index (κ3) is 2.23. The second-order valence-corrected chi connectivity index (χ2v) is 3.47. The molecule has 0 saturated heterocycles. The van der Waals surface area contributed by atoms with Gasteiger partial charge in [-0.2, -0.15) is 0 Å². The van der Waals surface area contributed by atoms with E-state index in [4.69, 9.17) is 15.0 Å². The van der Waals surface area contributed by atoms with Gasteiger partial charge in [-0.15, -0.1) is 0 Å². The van der Waals surface area contributed by atoms with Crippen LogP contribution in [0.15, 0.2) is 34.9 Å². The fraction of sp³-hybridized carbons (Fsp3) is 0.250. The number of nitrogens with zero attached hydrogens (tertiary/aromatic N) is 1. The minimum atomic E-state index is 0.366. The van der Waals surface area contributed by atoms with E-state index in [1.165, 1.54) is 0 Å². The Bertz CT molecular complexity index is 451. The molecule has 1 heterocycles. The van der Waals surface area contributed by atoms with Crippen molar-refractivity contribution in [2.24, 2.45) is 5.73 Å². The number of hydrogen-bond acceptors (Lipinski definition) is 4. The van der Waals surface area contributed by atoms with Gasteiger partial charge in [-0.25, -0.2) is 0 Å². The lowest BCUT2D eigenvalue weighted by molar-refractivity contribution is 0.301. The van der Waals surface area contributed by atoms with Gasteiger partial charge in [0.25, 0.3) is 0 Å². The molecule has 0 spiro atoms. The van der Waals surface area contributed by atoms with Gasteiger partial charge in [-0.1, -0.05) is 23.4 Å². The summed E-state index contributed by atoms with van der Waals surface area (Å²) in [7, 11) is 0. The van der Waals surface area contributed by atoms with E-state index in [1.54, 1.807) is 0 Å². The second-order valence-electron chi connectivity index (χ2n) is 3.47. The van der Waals surface area contributed by atoms with Crippen molar-refractivity contribution < 1.29 is 9.26 Å². The van der Waals surface area contributed by atoms with Crippen LogP contribution in [0.4, 0.5) is 0 Å². The molecular formula is C12H14N2O2. The Morgan fingerprint density at radius 2 is 2.06 bits per heavy atom. The van der Waals surface area contributed by atoms with E-state index >= 15 is 0 Å². The Kier molecular flexibility index (Phi) is 3.22. The van der Waals surface area contributed by atoms with Gasteiger partial charge in [0.05, 0.1) is 5.56 Å². The average Bonchev–Trinajstić information content (AvgIpc) is 2.69. The largest absolute Gasteiger partial charge is 0.489 e. The van der Waals surface area contributed by atoms with Gasteiger partial charge in [0.1, 0.15) is 23.8 Å². The van der Waals surface area contributed by atoms with Crippen LogP contribution in [0.2, 0.25) is 0 Å². The van der Waals surface area contributed by atoms with Crippen LogP contribution >= 0.6 is 0 Å². The molecule has 4 nitrogen and oxygen atoms in total. The van der Waals surface area contributed by atoms with Gasteiger partial charge in [-0.3, -0.25) is 0 Å². The number of ether oxygens (including phenoxy) is 1. The highest BCUT2D eigenvalue weighted by Crippen LogP contribution is 2.16. The van der Waals surface area contributed by atoms with Crippen LogP contribution in [0.25, 0.3) is 0 Å². The first-order chi connectivity index (χ1) is 7.81. The molecule has 0 bridgehead atoms. The van der Waals surface area contributed by atoms with Crippen LogP contribution in [-0.2, 0) is 13.2 Å². The van der Waals surface area contributed by atoms with Crippen molar-refractivity contribution in [2.75, 3.05) is 0 Å². The van der Waals surface area contributed by atoms with Gasteiger partial charge in [0, 0.05) is 6.54 Å². The predicted molar refractivity (Wildman–Crippen MR) is 59.9 cm³/mol. The molecule has 0 radical (unpaired) electrons. The SMILES string of the molecule is Cc1onc(CN)c1COc1ccccc1. The first kappa shape index (κ1) is 10.7. The quantitative estimate of drug-likeness (QED) is 0.852. The minimum Gasteiger partial charge on any atom is -0.489 e. The van der Waals surface area contributed by atoms with Crippen molar-refractivity contribution in [1.82, 2.24) is 5.16 Å². The van der Waals surface area contributed by atoms with Crippen molar-refractivity contribution >= 4 is 0 Å². The molecule has 0 saturated carbocycles. The number of aromatic nitrogens is 1. The lowest BCUT2D eigenvalue weighted by Gasteiger charge is -2.05. The smallest absolute Gasteiger partial charge is 0.140 e. The molecule has 16 heavy (non-hydrogen) atoms. The summed E-state index contributed by atoms with van der Waals surface area (Å²) in [4.78, 5) is 0. The van der Waals surface area contributed by atoms with Crippen molar-refractivity contribution in [3.8, 4) is 5.75 Å². The highest BCUT2D eigenvalue weighted by molar-refractivity contribution is 5.24. The molecule has 0 fully saturated rings. The van der Waals surface area contributed by atoms with Crippen LogP contribution in [0.5, 0.6) is 5.75 Å². The van der Waals surface area contributed by atoms with Crippen molar-refractivity contribution in [2.45, 2.75) is 20.1 Å². The highest BCUT2D eigenvalue weighted by atomic mass is 16.5. The third-order valence-electron chi connectivity index (χ3n) is 2.39. The molecule has 2 aromatic rings. The number of aryl methyl sites for hydroxylation is 1. The van der Waals surface area contributed by atoms with Crippen LogP contribution in [-0.4, -0.2) is 5.16 Å². The Morgan fingerprint density at radius 3 is 2.75 bits per heavy atom. The first-order valence-electron chi connectivity index (χ1n) is 5.13. The standard InChI is InChI=1S/C12H14N2O2/c1-9-11(12(7-13)14-16-9)8-15-10-5-3-2-4-6-10/h2-6H,7-8,13H2,1H3. The Labute approximate surface area is 94.0 Å². The molecule has 1 aromatic carbocycles. The zero-order valence-electron chi connectivity index (χ0n) is 9.14. The third-order valence-corrected chi connectivity index (χ3v) is 2.39. The lowest BCUT2D eigenvalue weighted by atomic mass is 10.2. The molecule has 0 aliphatic rings. The van der Waals surface area contributed by atoms with Crippen LogP contribution in [0.1, 0.15) is 17.0 Å². The van der Waals surface area contributed by atoms with Crippen LogP contribution in [0.3, 0.4) is 0 Å². The van der Waals surface area contributed by atoms with E-state index in [0.29, 0.717) is 13.2 Å². The summed E-state index contributed by atoms with van der Waals surface area (Å²) in [6.07, 6.45) is 0. The number of hydrogen-bond donors (Lipinski definition) is 1. The van der Waals surface area contributed by atoms with Gasteiger partial charge in [0.15, 0.2) is 0 Å². The van der Waals surface area contributed by atoms with E-state index in [2.05, 4.69) is 5.16 Å². The number of para-hydroxylation sites is 1. The van der Waals surface area contributed by atoms with Crippen LogP contribution < -0.4 is 10.5 Å². The first-order valence-corrected chi connectivity index (χ1v) is 5.13. The van der Waals surface area contributed by atoms with E-state index < -0.39 is 0 Å². The zero-order valence-corrected chi connectivity index (χ0v) is 9.14. The molecule has 0 aliphatic heterocycles. The highest BCUT2D eigenvalue weighted by Gasteiger charge is 2.11. The summed E-state index contributed by atoms with van der Waals surface area (Å²) in [5.74, 6) is 1.59. The van der Waals surface area contributed by atoms with E-state index in [0.717, 1.165) is 22.8 Å². The fourth-order valence-electron chi connectivity index (χ4n) is 1.45. The van der Waals surface area contributed by atoms with Gasteiger partial charge in [0.2, 0.25) is 0 Å². The summed E-state index contributed by atoms with van der Waals surface area (Å²) >= 11 is 0. The van der Waals surface area contributed by atoms with Crippen molar-refractivity contribution in [1.29, 1.82) is 0 Å². The fourth-order valence-corrected chi connectivity index (χ4v) is 1.45. The monoisotopic (exact) mass is 218 g/mol.